The first-order valence-electron chi connectivity index (χ1n) is 5.00. The molecule has 1 fully saturated rings. The molecule has 0 heterocycles. The van der Waals surface area contributed by atoms with Gasteiger partial charge in [-0.15, -0.1) is 0 Å². The first-order valence-corrected chi connectivity index (χ1v) is 5.00. The van der Waals surface area contributed by atoms with Gasteiger partial charge in [0.2, 0.25) is 0 Å². The minimum atomic E-state index is -0.862. The van der Waals surface area contributed by atoms with Gasteiger partial charge in [-0.25, -0.2) is 4.79 Å². The third-order valence-corrected chi connectivity index (χ3v) is 2.44. The zero-order valence-corrected chi connectivity index (χ0v) is 8.73. The van der Waals surface area contributed by atoms with E-state index in [1.165, 1.54) is 0 Å². The van der Waals surface area contributed by atoms with Crippen molar-refractivity contribution in [1.29, 1.82) is 0 Å². The fourth-order valence-electron chi connectivity index (χ4n) is 1.67. The van der Waals surface area contributed by atoms with E-state index >= 15 is 0 Å². The van der Waals surface area contributed by atoms with E-state index in [4.69, 9.17) is 16.2 Å². The van der Waals surface area contributed by atoms with E-state index in [9.17, 15) is 9.59 Å². The first kappa shape index (κ1) is 11.9. The Morgan fingerprint density at radius 1 is 1.47 bits per heavy atom. The number of urea groups is 1. The molecule has 1 aliphatic rings. The highest BCUT2D eigenvalue weighted by Gasteiger charge is 2.26. The van der Waals surface area contributed by atoms with Crippen molar-refractivity contribution in [2.75, 3.05) is 0 Å². The van der Waals surface area contributed by atoms with Crippen LogP contribution in [-0.4, -0.2) is 30.2 Å². The molecular weight excluding hydrogens is 198 g/mol. The van der Waals surface area contributed by atoms with Gasteiger partial charge in [0.15, 0.2) is 0 Å². The summed E-state index contributed by atoms with van der Waals surface area (Å²) in [5.41, 5.74) is 10.5. The zero-order chi connectivity index (χ0) is 11.4. The number of carbonyl (C=O) groups is 2. The van der Waals surface area contributed by atoms with E-state index in [1.54, 1.807) is 6.92 Å². The monoisotopic (exact) mass is 215 g/mol. The molecule has 86 valence electrons. The van der Waals surface area contributed by atoms with E-state index in [0.717, 1.165) is 19.3 Å². The van der Waals surface area contributed by atoms with Crippen LogP contribution in [0.1, 0.15) is 26.2 Å². The molecule has 0 radical (unpaired) electrons. The van der Waals surface area contributed by atoms with Gasteiger partial charge in [0.25, 0.3) is 5.91 Å². The quantitative estimate of drug-likeness (QED) is 0.588. The first-order chi connectivity index (χ1) is 6.99. The molecule has 6 heteroatoms. The van der Waals surface area contributed by atoms with Crippen molar-refractivity contribution in [3.05, 3.63) is 0 Å². The highest BCUT2D eigenvalue weighted by Crippen LogP contribution is 2.21. The predicted molar refractivity (Wildman–Crippen MR) is 53.9 cm³/mol. The van der Waals surface area contributed by atoms with Crippen LogP contribution < -0.4 is 16.8 Å². The van der Waals surface area contributed by atoms with Crippen LogP contribution in [0, 0.1) is 0 Å². The van der Waals surface area contributed by atoms with Gasteiger partial charge < -0.3 is 16.2 Å². The Balaban J connectivity index is 2.31. The summed E-state index contributed by atoms with van der Waals surface area (Å²) in [5, 5.41) is 1.97. The Hall–Kier alpha value is -1.14. The number of hydrogen-bond donors (Lipinski definition) is 3. The highest BCUT2D eigenvalue weighted by molar-refractivity contribution is 5.95. The fraction of sp³-hybridized carbons (Fsp3) is 0.778. The Bertz CT molecular complexity index is 257. The Morgan fingerprint density at radius 2 is 2.13 bits per heavy atom. The number of nitrogens with two attached hydrogens (primary N) is 2. The van der Waals surface area contributed by atoms with Crippen molar-refractivity contribution in [3.63, 3.8) is 0 Å². The lowest BCUT2D eigenvalue weighted by Gasteiger charge is -2.17. The van der Waals surface area contributed by atoms with Crippen LogP contribution in [0.5, 0.6) is 0 Å². The zero-order valence-electron chi connectivity index (χ0n) is 8.73. The summed E-state index contributed by atoms with van der Waals surface area (Å²) in [5.74, 6) is -0.511. The molecule has 0 spiro atoms. The van der Waals surface area contributed by atoms with Crippen LogP contribution in [-0.2, 0) is 9.53 Å². The van der Waals surface area contributed by atoms with Crippen LogP contribution in [0.2, 0.25) is 0 Å². The fourth-order valence-corrected chi connectivity index (χ4v) is 1.67. The number of rotatable bonds is 3. The van der Waals surface area contributed by atoms with Crippen molar-refractivity contribution in [1.82, 2.24) is 5.32 Å². The Labute approximate surface area is 88.3 Å². The molecule has 0 saturated heterocycles. The Kier molecular flexibility index (Phi) is 4.05. The molecule has 0 bridgehead atoms. The van der Waals surface area contributed by atoms with Gasteiger partial charge in [-0.3, -0.25) is 10.1 Å². The molecule has 1 aliphatic carbocycles. The van der Waals surface area contributed by atoms with Crippen molar-refractivity contribution in [3.8, 4) is 0 Å². The molecular formula is C9H17N3O3. The van der Waals surface area contributed by atoms with E-state index in [2.05, 4.69) is 0 Å². The second kappa shape index (κ2) is 5.09. The molecule has 0 aromatic heterocycles. The van der Waals surface area contributed by atoms with Gasteiger partial charge in [0, 0.05) is 6.04 Å². The van der Waals surface area contributed by atoms with E-state index in [0.29, 0.717) is 0 Å². The SMILES string of the molecule is CC(OC1CCC(N)C1)C(=O)NC(N)=O. The second-order valence-corrected chi connectivity index (χ2v) is 3.83. The van der Waals surface area contributed by atoms with Crippen molar-refractivity contribution in [2.45, 2.75) is 44.4 Å². The second-order valence-electron chi connectivity index (χ2n) is 3.83. The standard InChI is InChI=1S/C9H17N3O3/c1-5(8(13)12-9(11)14)15-7-3-2-6(10)4-7/h5-7H,2-4,10H2,1H3,(H3,11,12,13,14). The number of primary amides is 1. The van der Waals surface area contributed by atoms with Crippen LogP contribution in [0.25, 0.3) is 0 Å². The van der Waals surface area contributed by atoms with Gasteiger partial charge in [-0.2, -0.15) is 0 Å². The number of amides is 3. The van der Waals surface area contributed by atoms with Crippen molar-refractivity contribution >= 4 is 11.9 Å². The minimum absolute atomic E-state index is 0.00799. The number of hydrogen-bond acceptors (Lipinski definition) is 4. The van der Waals surface area contributed by atoms with Crippen LogP contribution >= 0.6 is 0 Å². The van der Waals surface area contributed by atoms with Gasteiger partial charge in [-0.1, -0.05) is 0 Å². The van der Waals surface area contributed by atoms with Crippen LogP contribution in [0.15, 0.2) is 0 Å². The molecule has 3 amide bonds. The number of carbonyl (C=O) groups excluding carboxylic acids is 2. The smallest absolute Gasteiger partial charge is 0.318 e. The third kappa shape index (κ3) is 3.85. The maximum Gasteiger partial charge on any atom is 0.318 e. The average molecular weight is 215 g/mol. The third-order valence-electron chi connectivity index (χ3n) is 2.44. The summed E-state index contributed by atoms with van der Waals surface area (Å²) >= 11 is 0. The molecule has 15 heavy (non-hydrogen) atoms. The molecule has 3 unspecified atom stereocenters. The summed E-state index contributed by atoms with van der Waals surface area (Å²) in [6.45, 7) is 1.59. The molecule has 3 atom stereocenters. The largest absolute Gasteiger partial charge is 0.365 e. The van der Waals surface area contributed by atoms with E-state index in [1.807, 2.05) is 5.32 Å². The Morgan fingerprint density at radius 3 is 2.60 bits per heavy atom. The van der Waals surface area contributed by atoms with Crippen LogP contribution in [0.4, 0.5) is 4.79 Å². The molecule has 0 aromatic carbocycles. The summed E-state index contributed by atoms with van der Waals surface area (Å²) in [6.07, 6.45) is 1.86. The van der Waals surface area contributed by atoms with E-state index < -0.39 is 18.0 Å². The summed E-state index contributed by atoms with van der Waals surface area (Å²) in [4.78, 5) is 21.7. The predicted octanol–water partition coefficient (Wildman–Crippen LogP) is -0.534. The molecule has 0 aliphatic heterocycles. The van der Waals surface area contributed by atoms with Gasteiger partial charge >= 0.3 is 6.03 Å². The minimum Gasteiger partial charge on any atom is -0.365 e. The lowest BCUT2D eigenvalue weighted by atomic mass is 10.2. The number of nitrogens with one attached hydrogen (secondary N) is 1. The molecule has 5 N–H and O–H groups in total. The topological polar surface area (TPSA) is 107 Å². The number of ether oxygens (including phenoxy) is 1. The summed E-state index contributed by atoms with van der Waals surface area (Å²) in [7, 11) is 0. The van der Waals surface area contributed by atoms with Gasteiger partial charge in [-0.05, 0) is 26.2 Å². The molecule has 1 rings (SSSR count). The van der Waals surface area contributed by atoms with Crippen molar-refractivity contribution < 1.29 is 14.3 Å². The maximum atomic E-state index is 11.3. The van der Waals surface area contributed by atoms with E-state index in [-0.39, 0.29) is 12.1 Å². The molecule has 6 nitrogen and oxygen atoms in total. The molecule has 0 aromatic rings. The van der Waals surface area contributed by atoms with Gasteiger partial charge in [0.1, 0.15) is 6.10 Å². The lowest BCUT2D eigenvalue weighted by Crippen LogP contribution is -2.42. The molecule has 1 saturated carbocycles. The maximum absolute atomic E-state index is 11.3. The average Bonchev–Trinajstić information content (AvgIpc) is 2.50. The van der Waals surface area contributed by atoms with Gasteiger partial charge in [0.05, 0.1) is 6.10 Å². The normalized spacial score (nSPS) is 27.3. The van der Waals surface area contributed by atoms with Crippen LogP contribution in [0.3, 0.4) is 0 Å². The van der Waals surface area contributed by atoms with Crippen molar-refractivity contribution in [2.24, 2.45) is 11.5 Å². The highest BCUT2D eigenvalue weighted by atomic mass is 16.5. The summed E-state index contributed by atoms with van der Waals surface area (Å²) < 4.78 is 5.44. The number of imide groups is 1. The summed E-state index contributed by atoms with van der Waals surface area (Å²) in [6, 6.07) is -0.708. The lowest BCUT2D eigenvalue weighted by molar-refractivity contribution is -0.133.